The Morgan fingerprint density at radius 2 is 2.06 bits per heavy atom. The van der Waals surface area contributed by atoms with Gasteiger partial charge < -0.3 is 5.11 Å². The van der Waals surface area contributed by atoms with E-state index in [0.29, 0.717) is 4.47 Å². The van der Waals surface area contributed by atoms with Crippen molar-refractivity contribution in [1.82, 2.24) is 9.97 Å². The van der Waals surface area contributed by atoms with Crippen LogP contribution in [0.4, 0.5) is 4.39 Å². The Morgan fingerprint density at radius 1 is 1.33 bits per heavy atom. The standard InChI is InChI=1S/C12H9BrClFN2O/c1-6-4-17-9(5-16-6)12(18)7-2-3-8(13)10(14)11(7)15/h2-5,12,18H,1H3. The number of aliphatic hydroxyl groups is 1. The number of aryl methyl sites for hydroxylation is 1. The number of aromatic nitrogens is 2. The van der Waals surface area contributed by atoms with E-state index in [2.05, 4.69) is 25.9 Å². The highest BCUT2D eigenvalue weighted by atomic mass is 79.9. The van der Waals surface area contributed by atoms with Crippen LogP contribution in [0.15, 0.2) is 29.0 Å². The third kappa shape index (κ3) is 2.53. The lowest BCUT2D eigenvalue weighted by atomic mass is 10.1. The quantitative estimate of drug-likeness (QED) is 0.858. The van der Waals surface area contributed by atoms with Crippen LogP contribution in [0.25, 0.3) is 0 Å². The third-order valence-corrected chi connectivity index (χ3v) is 3.70. The maximum Gasteiger partial charge on any atom is 0.149 e. The molecule has 1 aromatic heterocycles. The molecule has 0 saturated carbocycles. The summed E-state index contributed by atoms with van der Waals surface area (Å²) < 4.78 is 14.3. The van der Waals surface area contributed by atoms with Gasteiger partial charge in [-0.3, -0.25) is 9.97 Å². The number of rotatable bonds is 2. The molecule has 0 radical (unpaired) electrons. The Bertz CT molecular complexity index is 577. The Hall–Kier alpha value is -1.04. The minimum absolute atomic E-state index is 0.0633. The van der Waals surface area contributed by atoms with Crippen LogP contribution < -0.4 is 0 Å². The summed E-state index contributed by atoms with van der Waals surface area (Å²) in [6.07, 6.45) is 1.73. The molecule has 1 N–H and O–H groups in total. The minimum Gasteiger partial charge on any atom is -0.382 e. The molecule has 2 rings (SSSR count). The summed E-state index contributed by atoms with van der Waals surface area (Å²) in [5, 5.41) is 10.00. The van der Waals surface area contributed by atoms with E-state index in [0.717, 1.165) is 5.69 Å². The van der Waals surface area contributed by atoms with E-state index < -0.39 is 11.9 Å². The lowest BCUT2D eigenvalue weighted by Crippen LogP contribution is -2.06. The first kappa shape index (κ1) is 13.4. The van der Waals surface area contributed by atoms with Crippen molar-refractivity contribution in [3.8, 4) is 0 Å². The van der Waals surface area contributed by atoms with Gasteiger partial charge in [0.25, 0.3) is 0 Å². The highest BCUT2D eigenvalue weighted by molar-refractivity contribution is 9.10. The fraction of sp³-hybridized carbons (Fsp3) is 0.167. The fourth-order valence-corrected chi connectivity index (χ4v) is 1.93. The van der Waals surface area contributed by atoms with E-state index in [1.807, 2.05) is 0 Å². The molecular formula is C12H9BrClFN2O. The van der Waals surface area contributed by atoms with Gasteiger partial charge in [-0.25, -0.2) is 4.39 Å². The van der Waals surface area contributed by atoms with Crippen LogP contribution in [-0.4, -0.2) is 15.1 Å². The zero-order valence-corrected chi connectivity index (χ0v) is 11.7. The molecule has 0 aliphatic rings. The van der Waals surface area contributed by atoms with Crippen molar-refractivity contribution >= 4 is 27.5 Å². The molecule has 1 aromatic carbocycles. The van der Waals surface area contributed by atoms with Gasteiger partial charge in [0, 0.05) is 16.2 Å². The van der Waals surface area contributed by atoms with E-state index in [9.17, 15) is 9.50 Å². The predicted molar refractivity (Wildman–Crippen MR) is 69.9 cm³/mol. The molecule has 0 saturated heterocycles. The van der Waals surface area contributed by atoms with Crippen LogP contribution in [0, 0.1) is 12.7 Å². The zero-order chi connectivity index (χ0) is 13.3. The van der Waals surface area contributed by atoms with Crippen molar-refractivity contribution in [3.63, 3.8) is 0 Å². The van der Waals surface area contributed by atoms with Gasteiger partial charge in [0.15, 0.2) is 0 Å². The molecule has 1 heterocycles. The molecule has 1 atom stereocenters. The molecule has 3 nitrogen and oxygen atoms in total. The predicted octanol–water partition coefficient (Wildman–Crippen LogP) is 3.42. The molecule has 94 valence electrons. The average molecular weight is 332 g/mol. The van der Waals surface area contributed by atoms with Gasteiger partial charge >= 0.3 is 0 Å². The molecule has 0 amide bonds. The Morgan fingerprint density at radius 3 is 2.67 bits per heavy atom. The second kappa shape index (κ2) is 5.30. The fourth-order valence-electron chi connectivity index (χ4n) is 1.46. The average Bonchev–Trinajstić information content (AvgIpc) is 2.36. The molecule has 0 bridgehead atoms. The first-order chi connectivity index (χ1) is 8.50. The van der Waals surface area contributed by atoms with E-state index in [1.54, 1.807) is 13.0 Å². The number of aliphatic hydroxyl groups excluding tert-OH is 1. The van der Waals surface area contributed by atoms with Crippen molar-refractivity contribution in [1.29, 1.82) is 0 Å². The summed E-state index contributed by atoms with van der Waals surface area (Å²) in [5.41, 5.74) is 1.07. The maximum atomic E-state index is 13.9. The highest BCUT2D eigenvalue weighted by Gasteiger charge is 2.19. The molecule has 0 aliphatic heterocycles. The Kier molecular flexibility index (Phi) is 3.94. The van der Waals surface area contributed by atoms with Crippen molar-refractivity contribution in [2.75, 3.05) is 0 Å². The van der Waals surface area contributed by atoms with E-state index in [-0.39, 0.29) is 16.3 Å². The zero-order valence-electron chi connectivity index (χ0n) is 9.36. The first-order valence-electron chi connectivity index (χ1n) is 5.10. The van der Waals surface area contributed by atoms with Gasteiger partial charge in [0.05, 0.1) is 22.6 Å². The van der Waals surface area contributed by atoms with Gasteiger partial charge in [0.1, 0.15) is 11.9 Å². The molecule has 2 aromatic rings. The second-order valence-corrected chi connectivity index (χ2v) is 4.98. The van der Waals surface area contributed by atoms with Gasteiger partial charge in [-0.05, 0) is 28.9 Å². The van der Waals surface area contributed by atoms with E-state index in [1.165, 1.54) is 18.5 Å². The number of hydrogen-bond acceptors (Lipinski definition) is 3. The molecule has 0 aliphatic carbocycles. The smallest absolute Gasteiger partial charge is 0.149 e. The van der Waals surface area contributed by atoms with Gasteiger partial charge in [-0.15, -0.1) is 0 Å². The SMILES string of the molecule is Cc1cnc(C(O)c2ccc(Br)c(Cl)c2F)cn1. The van der Waals surface area contributed by atoms with Crippen LogP contribution >= 0.6 is 27.5 Å². The number of benzene rings is 1. The lowest BCUT2D eigenvalue weighted by Gasteiger charge is -2.12. The highest BCUT2D eigenvalue weighted by Crippen LogP contribution is 2.32. The van der Waals surface area contributed by atoms with Crippen LogP contribution in [0.5, 0.6) is 0 Å². The monoisotopic (exact) mass is 330 g/mol. The first-order valence-corrected chi connectivity index (χ1v) is 6.28. The van der Waals surface area contributed by atoms with Crippen molar-refractivity contribution in [2.45, 2.75) is 13.0 Å². The minimum atomic E-state index is -1.19. The van der Waals surface area contributed by atoms with Gasteiger partial charge in [-0.2, -0.15) is 0 Å². The van der Waals surface area contributed by atoms with Crippen LogP contribution in [0.3, 0.4) is 0 Å². The van der Waals surface area contributed by atoms with E-state index >= 15 is 0 Å². The topological polar surface area (TPSA) is 46.0 Å². The third-order valence-electron chi connectivity index (χ3n) is 2.44. The van der Waals surface area contributed by atoms with Crippen molar-refractivity contribution < 1.29 is 9.50 Å². The molecule has 0 fully saturated rings. The molecular weight excluding hydrogens is 322 g/mol. The normalized spacial score (nSPS) is 12.5. The van der Waals surface area contributed by atoms with E-state index in [4.69, 9.17) is 11.6 Å². The van der Waals surface area contributed by atoms with Crippen LogP contribution in [0.1, 0.15) is 23.1 Å². The van der Waals surface area contributed by atoms with Crippen molar-refractivity contribution in [2.24, 2.45) is 0 Å². The Labute approximate surface area is 117 Å². The summed E-state index contributed by atoms with van der Waals surface area (Å²) in [5.74, 6) is -0.666. The number of hydrogen-bond donors (Lipinski definition) is 1. The number of nitrogens with zero attached hydrogens (tertiary/aromatic N) is 2. The second-order valence-electron chi connectivity index (χ2n) is 3.75. The molecule has 18 heavy (non-hydrogen) atoms. The molecule has 6 heteroatoms. The summed E-state index contributed by atoms with van der Waals surface area (Å²) in [6.45, 7) is 1.78. The van der Waals surface area contributed by atoms with Gasteiger partial charge in [-0.1, -0.05) is 17.7 Å². The summed E-state index contributed by atoms with van der Waals surface area (Å²) in [4.78, 5) is 8.02. The van der Waals surface area contributed by atoms with Gasteiger partial charge in [0.2, 0.25) is 0 Å². The summed E-state index contributed by atoms with van der Waals surface area (Å²) in [6, 6.07) is 3.03. The van der Waals surface area contributed by atoms with Crippen LogP contribution in [-0.2, 0) is 0 Å². The van der Waals surface area contributed by atoms with Crippen molar-refractivity contribution in [3.05, 3.63) is 56.8 Å². The number of halogens is 3. The molecule has 1 unspecified atom stereocenters. The summed E-state index contributed by atoms with van der Waals surface area (Å²) in [7, 11) is 0. The molecule has 0 spiro atoms. The van der Waals surface area contributed by atoms with Crippen LogP contribution in [0.2, 0.25) is 5.02 Å². The Balaban J connectivity index is 2.43. The lowest BCUT2D eigenvalue weighted by molar-refractivity contribution is 0.209. The largest absolute Gasteiger partial charge is 0.382 e. The summed E-state index contributed by atoms with van der Waals surface area (Å²) >= 11 is 8.88. The maximum absolute atomic E-state index is 13.9.